The van der Waals surface area contributed by atoms with E-state index in [4.69, 9.17) is 18.4 Å². The lowest BCUT2D eigenvalue weighted by Gasteiger charge is -2.62. The van der Waals surface area contributed by atoms with Crippen molar-refractivity contribution in [3.05, 3.63) is 12.2 Å². The van der Waals surface area contributed by atoms with Crippen molar-refractivity contribution < 1.29 is 73.4 Å². The van der Waals surface area contributed by atoms with Crippen LogP contribution in [0.15, 0.2) is 12.2 Å². The van der Waals surface area contributed by atoms with Crippen molar-refractivity contribution in [1.29, 1.82) is 0 Å². The molecule has 13 atom stereocenters. The highest BCUT2D eigenvalue weighted by atomic mass is 32.3. The second-order valence-electron chi connectivity index (χ2n) is 14.8. The monoisotopic (exact) mass is 726 g/mol. The van der Waals surface area contributed by atoms with Crippen LogP contribution in [0.4, 0.5) is 0 Å². The Balaban J connectivity index is 1.51. The highest BCUT2D eigenvalue weighted by Gasteiger charge is 2.67. The Labute approximate surface area is 280 Å². The molecule has 2 bridgehead atoms. The van der Waals surface area contributed by atoms with Gasteiger partial charge in [-0.1, -0.05) is 27.4 Å². The Hall–Kier alpha value is -1.74. The van der Waals surface area contributed by atoms with Crippen LogP contribution in [0, 0.1) is 40.4 Å². The van der Waals surface area contributed by atoms with Crippen LogP contribution in [-0.2, 0) is 53.0 Å². The van der Waals surface area contributed by atoms with Crippen molar-refractivity contribution in [3.8, 4) is 0 Å². The standard InChI is InChI=1S/C30H46O16S2/c1-14(2)9-22(32)44-25-24(46-48(39,40)41)23(45-47(36,37)38)20(13-31)43-28(25)42-17-10-18(27(34)35)19-7-8-30-11-16(15(3)26(30)33)5-6-21(30)29(19,4)12-17/h14,16-21,23-26,28,31,33H,3,5-13H2,1-2,4H3,(H,34,35)(H,36,37,38)(H,39,40,41)/t16-,17-,18-,19-,20-,21+,23-,24+,25-,26+,28-,29-,30-/m1/s1. The third-order valence-electron chi connectivity index (χ3n) is 11.5. The molecule has 5 N–H and O–H groups in total. The average molecular weight is 727 g/mol. The number of rotatable bonds is 11. The van der Waals surface area contributed by atoms with Gasteiger partial charge in [-0.25, -0.2) is 8.37 Å². The summed E-state index contributed by atoms with van der Waals surface area (Å²) < 4.78 is 93.5. The molecule has 48 heavy (non-hydrogen) atoms. The van der Waals surface area contributed by atoms with Gasteiger partial charge in [0, 0.05) is 11.8 Å². The Morgan fingerprint density at radius 2 is 1.67 bits per heavy atom. The van der Waals surface area contributed by atoms with E-state index in [1.165, 1.54) is 0 Å². The first kappa shape index (κ1) is 37.5. The molecule has 0 radical (unpaired) electrons. The molecule has 4 saturated carbocycles. The zero-order chi connectivity index (χ0) is 35.6. The number of aliphatic hydroxyl groups excluding tert-OH is 2. The minimum atomic E-state index is -5.42. The van der Waals surface area contributed by atoms with E-state index in [1.807, 2.05) is 6.92 Å². The van der Waals surface area contributed by atoms with E-state index < -0.39 is 99.0 Å². The Bertz CT molecular complexity index is 1480. The number of carboxylic acids is 1. The van der Waals surface area contributed by atoms with Gasteiger partial charge in [-0.15, -0.1) is 0 Å². The molecule has 0 aromatic heterocycles. The normalized spacial score (nSPS) is 43.0. The molecule has 0 aromatic rings. The molecule has 4 aliphatic carbocycles. The Morgan fingerprint density at radius 3 is 2.25 bits per heavy atom. The van der Waals surface area contributed by atoms with Crippen LogP contribution >= 0.6 is 0 Å². The average Bonchev–Trinajstić information content (AvgIpc) is 3.12. The topological polar surface area (TPSA) is 250 Å². The van der Waals surface area contributed by atoms with Crippen molar-refractivity contribution in [2.75, 3.05) is 6.61 Å². The van der Waals surface area contributed by atoms with Crippen LogP contribution in [0.2, 0.25) is 0 Å². The second-order valence-corrected chi connectivity index (χ2v) is 16.9. The first-order valence-electron chi connectivity index (χ1n) is 16.2. The van der Waals surface area contributed by atoms with E-state index in [1.54, 1.807) is 13.8 Å². The van der Waals surface area contributed by atoms with E-state index in [9.17, 15) is 50.8 Å². The molecule has 18 heteroatoms. The molecular weight excluding hydrogens is 680 g/mol. The fourth-order valence-corrected chi connectivity index (χ4v) is 10.8. The summed E-state index contributed by atoms with van der Waals surface area (Å²) in [7, 11) is -10.8. The van der Waals surface area contributed by atoms with Gasteiger partial charge in [0.15, 0.2) is 18.5 Å². The number of carbonyl (C=O) groups excluding carboxylic acids is 1. The third kappa shape index (κ3) is 7.20. The number of fused-ring (bicyclic) bond motifs is 3. The third-order valence-corrected chi connectivity index (χ3v) is 12.4. The summed E-state index contributed by atoms with van der Waals surface area (Å²) in [6, 6.07) is 0. The number of hydrogen-bond acceptors (Lipinski definition) is 13. The number of hydrogen-bond donors (Lipinski definition) is 5. The first-order valence-corrected chi connectivity index (χ1v) is 18.9. The highest BCUT2D eigenvalue weighted by Crippen LogP contribution is 2.70. The minimum Gasteiger partial charge on any atom is -0.481 e. The zero-order valence-electron chi connectivity index (χ0n) is 27.0. The van der Waals surface area contributed by atoms with Gasteiger partial charge in [0.25, 0.3) is 0 Å². The maximum Gasteiger partial charge on any atom is 0.397 e. The maximum absolute atomic E-state index is 12.9. The first-order chi connectivity index (χ1) is 22.2. The summed E-state index contributed by atoms with van der Waals surface area (Å²) in [6.45, 7) is 8.52. The molecule has 1 spiro atoms. The van der Waals surface area contributed by atoms with Crippen LogP contribution in [0.1, 0.15) is 72.1 Å². The fraction of sp³-hybridized carbons (Fsp3) is 0.867. The van der Waals surface area contributed by atoms with E-state index in [0.29, 0.717) is 12.8 Å². The number of carboxylic acid groups (broad SMARTS) is 1. The smallest absolute Gasteiger partial charge is 0.397 e. The SMILES string of the molecule is C=C1[C@@H]2CC[C@H]3[C@]4(C)C[C@H](O[C@@H]5O[C@H](CO)[C@@H](OS(=O)(=O)O)[C@H](OS(=O)(=O)O)[C@H]5OC(=O)CC(C)C)C[C@@H](C(=O)O)[C@H]4CC[C@]3(C2)[C@H]1O. The fourth-order valence-electron chi connectivity index (χ4n) is 9.82. The van der Waals surface area contributed by atoms with Crippen molar-refractivity contribution in [2.45, 2.75) is 115 Å². The van der Waals surface area contributed by atoms with Crippen LogP contribution in [0.5, 0.6) is 0 Å². The number of aliphatic carboxylic acids is 1. The van der Waals surface area contributed by atoms with Crippen molar-refractivity contribution in [2.24, 2.45) is 40.4 Å². The molecular formula is C30H46O16S2. The molecule has 1 saturated heterocycles. The Kier molecular flexibility index (Phi) is 10.5. The van der Waals surface area contributed by atoms with Crippen molar-refractivity contribution >= 4 is 32.7 Å². The summed E-state index contributed by atoms with van der Waals surface area (Å²) in [5, 5.41) is 32.0. The van der Waals surface area contributed by atoms with Crippen LogP contribution < -0.4 is 0 Å². The van der Waals surface area contributed by atoms with Gasteiger partial charge in [-0.3, -0.25) is 18.7 Å². The van der Waals surface area contributed by atoms with E-state index in [-0.39, 0.29) is 42.9 Å². The Morgan fingerprint density at radius 1 is 1.02 bits per heavy atom. The molecule has 1 heterocycles. The quantitative estimate of drug-likeness (QED) is 0.0879. The van der Waals surface area contributed by atoms with Gasteiger partial charge in [-0.2, -0.15) is 16.8 Å². The number of carbonyl (C=O) groups is 2. The van der Waals surface area contributed by atoms with Gasteiger partial charge in [0.2, 0.25) is 0 Å². The molecule has 0 aromatic carbocycles. The molecule has 0 amide bonds. The summed E-state index contributed by atoms with van der Waals surface area (Å²) in [5.74, 6) is -3.25. The van der Waals surface area contributed by atoms with Crippen LogP contribution in [0.3, 0.4) is 0 Å². The molecule has 5 fully saturated rings. The van der Waals surface area contributed by atoms with E-state index in [0.717, 1.165) is 24.8 Å². The number of esters is 1. The van der Waals surface area contributed by atoms with Gasteiger partial charge in [0.1, 0.15) is 12.2 Å². The summed E-state index contributed by atoms with van der Waals surface area (Å²) in [5.41, 5.74) is -0.319. The molecule has 5 rings (SSSR count). The summed E-state index contributed by atoms with van der Waals surface area (Å²) in [6.07, 6.45) is -7.93. The molecule has 0 unspecified atom stereocenters. The molecule has 274 valence electrons. The molecule has 16 nitrogen and oxygen atoms in total. The lowest BCUT2D eigenvalue weighted by Crippen LogP contribution is -2.64. The van der Waals surface area contributed by atoms with E-state index >= 15 is 0 Å². The largest absolute Gasteiger partial charge is 0.481 e. The molecule has 5 aliphatic rings. The zero-order valence-corrected chi connectivity index (χ0v) is 28.7. The van der Waals surface area contributed by atoms with Gasteiger partial charge in [-0.05, 0) is 79.6 Å². The van der Waals surface area contributed by atoms with E-state index in [2.05, 4.69) is 10.8 Å². The number of ether oxygens (including phenoxy) is 3. The highest BCUT2D eigenvalue weighted by molar-refractivity contribution is 7.81. The summed E-state index contributed by atoms with van der Waals surface area (Å²) >= 11 is 0. The minimum absolute atomic E-state index is 0.0156. The maximum atomic E-state index is 12.9. The van der Waals surface area contributed by atoms with Gasteiger partial charge >= 0.3 is 32.7 Å². The predicted molar refractivity (Wildman–Crippen MR) is 162 cm³/mol. The van der Waals surface area contributed by atoms with Crippen LogP contribution in [0.25, 0.3) is 0 Å². The number of aliphatic hydroxyl groups is 2. The van der Waals surface area contributed by atoms with Crippen molar-refractivity contribution in [3.63, 3.8) is 0 Å². The van der Waals surface area contributed by atoms with Crippen LogP contribution in [-0.4, -0.2) is 103 Å². The second kappa shape index (κ2) is 13.4. The van der Waals surface area contributed by atoms with Crippen molar-refractivity contribution in [1.82, 2.24) is 0 Å². The molecule has 1 aliphatic heterocycles. The predicted octanol–water partition coefficient (Wildman–Crippen LogP) is 1.67. The summed E-state index contributed by atoms with van der Waals surface area (Å²) in [4.78, 5) is 25.7. The lowest BCUT2D eigenvalue weighted by molar-refractivity contribution is -0.316. The van der Waals surface area contributed by atoms with Gasteiger partial charge in [0.05, 0.1) is 24.7 Å². The van der Waals surface area contributed by atoms with Gasteiger partial charge < -0.3 is 29.5 Å². The lowest BCUT2D eigenvalue weighted by atomic mass is 9.43.